The third-order valence-corrected chi connectivity index (χ3v) is 6.23. The summed E-state index contributed by atoms with van der Waals surface area (Å²) in [6.45, 7) is 2.19. The summed E-state index contributed by atoms with van der Waals surface area (Å²) in [7, 11) is -2.36. The molecule has 0 aliphatic carbocycles. The molecule has 178 valence electrons. The molecule has 3 aromatic rings. The van der Waals surface area contributed by atoms with E-state index in [1.54, 1.807) is 31.3 Å². The third kappa shape index (κ3) is 6.58. The van der Waals surface area contributed by atoms with Crippen LogP contribution in [-0.2, 0) is 26.1 Å². The Morgan fingerprint density at radius 3 is 2.24 bits per heavy atom. The van der Waals surface area contributed by atoms with Crippen molar-refractivity contribution in [1.29, 1.82) is 0 Å². The first-order valence-corrected chi connectivity index (χ1v) is 12.1. The Morgan fingerprint density at radius 1 is 0.912 bits per heavy atom. The molecule has 0 aromatic heterocycles. The van der Waals surface area contributed by atoms with Crippen molar-refractivity contribution in [1.82, 2.24) is 4.90 Å². The average molecular weight is 483 g/mol. The number of carbonyl (C=O) groups is 2. The molecule has 0 unspecified atom stereocenters. The molecular formula is C25H26N2O6S. The number of para-hydroxylation sites is 1. The summed E-state index contributed by atoms with van der Waals surface area (Å²) in [4.78, 5) is 26.5. The van der Waals surface area contributed by atoms with E-state index in [-0.39, 0.29) is 22.1 Å². The van der Waals surface area contributed by atoms with Gasteiger partial charge in [0, 0.05) is 13.6 Å². The molecule has 3 aromatic carbocycles. The van der Waals surface area contributed by atoms with E-state index in [4.69, 9.17) is 9.47 Å². The zero-order valence-electron chi connectivity index (χ0n) is 18.9. The Bertz CT molecular complexity index is 1230. The fourth-order valence-corrected chi connectivity index (χ4v) is 4.18. The van der Waals surface area contributed by atoms with E-state index in [9.17, 15) is 18.0 Å². The van der Waals surface area contributed by atoms with Crippen LogP contribution in [0.25, 0.3) is 0 Å². The number of benzene rings is 3. The topological polar surface area (TPSA) is 102 Å². The molecular weight excluding hydrogens is 456 g/mol. The molecule has 0 fully saturated rings. The molecule has 8 nitrogen and oxygen atoms in total. The van der Waals surface area contributed by atoms with Crippen molar-refractivity contribution >= 4 is 27.6 Å². The number of sulfonamides is 1. The summed E-state index contributed by atoms with van der Waals surface area (Å²) in [5.41, 5.74) is 0.987. The summed E-state index contributed by atoms with van der Waals surface area (Å²) >= 11 is 0. The summed E-state index contributed by atoms with van der Waals surface area (Å²) < 4.78 is 38.5. The first-order chi connectivity index (χ1) is 16.3. The number of esters is 1. The van der Waals surface area contributed by atoms with Gasteiger partial charge in [0.15, 0.2) is 6.61 Å². The predicted octanol–water partition coefficient (Wildman–Crippen LogP) is 3.70. The van der Waals surface area contributed by atoms with Crippen LogP contribution in [0.2, 0.25) is 0 Å². The van der Waals surface area contributed by atoms with Crippen molar-refractivity contribution < 1.29 is 27.5 Å². The molecule has 1 N–H and O–H groups in total. The quantitative estimate of drug-likeness (QED) is 0.442. The van der Waals surface area contributed by atoms with E-state index in [0.717, 1.165) is 5.56 Å². The van der Waals surface area contributed by atoms with Gasteiger partial charge in [-0.05, 0) is 48.9 Å². The molecule has 0 spiro atoms. The van der Waals surface area contributed by atoms with E-state index in [1.807, 2.05) is 37.3 Å². The van der Waals surface area contributed by atoms with Gasteiger partial charge in [0.25, 0.3) is 15.9 Å². The van der Waals surface area contributed by atoms with E-state index in [1.165, 1.54) is 29.2 Å². The number of anilines is 1. The summed E-state index contributed by atoms with van der Waals surface area (Å²) in [5.74, 6) is -0.650. The molecule has 3 rings (SSSR count). The van der Waals surface area contributed by atoms with Crippen LogP contribution in [0.15, 0.2) is 83.8 Å². The Labute approximate surface area is 199 Å². The lowest BCUT2D eigenvalue weighted by atomic mass is 10.2. The molecule has 34 heavy (non-hydrogen) atoms. The zero-order chi connectivity index (χ0) is 24.6. The number of hydrogen-bond donors (Lipinski definition) is 1. The second-order valence-corrected chi connectivity index (χ2v) is 9.05. The van der Waals surface area contributed by atoms with E-state index in [2.05, 4.69) is 4.72 Å². The minimum atomic E-state index is -3.97. The average Bonchev–Trinajstić information content (AvgIpc) is 2.83. The lowest BCUT2D eigenvalue weighted by molar-refractivity contribution is -0.133. The van der Waals surface area contributed by atoms with Crippen molar-refractivity contribution in [3.05, 3.63) is 90.0 Å². The number of nitrogens with one attached hydrogen (secondary N) is 1. The van der Waals surface area contributed by atoms with Crippen LogP contribution in [0.5, 0.6) is 5.75 Å². The number of ether oxygens (including phenoxy) is 2. The van der Waals surface area contributed by atoms with Gasteiger partial charge in [-0.2, -0.15) is 0 Å². The second kappa shape index (κ2) is 11.3. The largest absolute Gasteiger partial charge is 0.494 e. The van der Waals surface area contributed by atoms with Gasteiger partial charge in [-0.1, -0.05) is 42.5 Å². The molecule has 0 bridgehead atoms. The van der Waals surface area contributed by atoms with Gasteiger partial charge < -0.3 is 14.4 Å². The smallest absolute Gasteiger partial charge is 0.340 e. The van der Waals surface area contributed by atoms with Gasteiger partial charge in [0.1, 0.15) is 5.75 Å². The number of carbonyl (C=O) groups excluding carboxylic acids is 2. The van der Waals surface area contributed by atoms with Crippen LogP contribution >= 0.6 is 0 Å². The van der Waals surface area contributed by atoms with Crippen molar-refractivity contribution in [3.63, 3.8) is 0 Å². The fraction of sp³-hybridized carbons (Fsp3) is 0.200. The zero-order valence-corrected chi connectivity index (χ0v) is 19.7. The number of amides is 1. The van der Waals surface area contributed by atoms with Crippen LogP contribution in [0.4, 0.5) is 5.69 Å². The Hall–Kier alpha value is -3.85. The molecule has 0 atom stereocenters. The Balaban J connectivity index is 1.65. The van der Waals surface area contributed by atoms with Crippen molar-refractivity contribution in [2.75, 3.05) is 25.0 Å². The number of hydrogen-bond acceptors (Lipinski definition) is 6. The van der Waals surface area contributed by atoms with Crippen molar-refractivity contribution in [2.24, 2.45) is 0 Å². The third-order valence-electron chi connectivity index (χ3n) is 4.85. The van der Waals surface area contributed by atoms with Gasteiger partial charge in [-0.3, -0.25) is 9.52 Å². The standard InChI is InChI=1S/C25H26N2O6S/c1-3-32-20-13-15-21(16-14-20)34(30,31)26-23-12-8-7-11-22(23)25(29)33-18-24(28)27(2)17-19-9-5-4-6-10-19/h4-16,26H,3,17-18H2,1-2H3. The molecule has 0 aliphatic heterocycles. The van der Waals surface area contributed by atoms with Gasteiger partial charge in [0.2, 0.25) is 0 Å². The van der Waals surface area contributed by atoms with Crippen LogP contribution in [0, 0.1) is 0 Å². The lowest BCUT2D eigenvalue weighted by Crippen LogP contribution is -2.31. The predicted molar refractivity (Wildman–Crippen MR) is 128 cm³/mol. The van der Waals surface area contributed by atoms with Gasteiger partial charge >= 0.3 is 5.97 Å². The highest BCUT2D eigenvalue weighted by Gasteiger charge is 2.21. The normalized spacial score (nSPS) is 10.9. The van der Waals surface area contributed by atoms with Gasteiger partial charge in [-0.15, -0.1) is 0 Å². The monoisotopic (exact) mass is 482 g/mol. The van der Waals surface area contributed by atoms with Gasteiger partial charge in [-0.25, -0.2) is 13.2 Å². The molecule has 0 aliphatic rings. The fourth-order valence-electron chi connectivity index (χ4n) is 3.10. The summed E-state index contributed by atoms with van der Waals surface area (Å²) in [5, 5.41) is 0. The lowest BCUT2D eigenvalue weighted by Gasteiger charge is -2.17. The maximum Gasteiger partial charge on any atom is 0.340 e. The van der Waals surface area contributed by atoms with E-state index < -0.39 is 22.6 Å². The van der Waals surface area contributed by atoms with Crippen LogP contribution in [-0.4, -0.2) is 45.5 Å². The number of rotatable bonds is 10. The van der Waals surface area contributed by atoms with Gasteiger partial charge in [0.05, 0.1) is 22.8 Å². The molecule has 0 radical (unpaired) electrons. The van der Waals surface area contributed by atoms with Crippen LogP contribution < -0.4 is 9.46 Å². The Morgan fingerprint density at radius 2 is 1.56 bits per heavy atom. The first kappa shape index (κ1) is 24.8. The minimum absolute atomic E-state index is 0.00414. The highest BCUT2D eigenvalue weighted by atomic mass is 32.2. The molecule has 9 heteroatoms. The number of nitrogens with zero attached hydrogens (tertiary/aromatic N) is 1. The maximum absolute atomic E-state index is 12.8. The minimum Gasteiger partial charge on any atom is -0.494 e. The maximum atomic E-state index is 12.8. The van der Waals surface area contributed by atoms with Crippen LogP contribution in [0.1, 0.15) is 22.8 Å². The SMILES string of the molecule is CCOc1ccc(S(=O)(=O)Nc2ccccc2C(=O)OCC(=O)N(C)Cc2ccccc2)cc1. The molecule has 1 amide bonds. The van der Waals surface area contributed by atoms with E-state index in [0.29, 0.717) is 18.9 Å². The van der Waals surface area contributed by atoms with Crippen molar-refractivity contribution in [2.45, 2.75) is 18.4 Å². The highest BCUT2D eigenvalue weighted by Crippen LogP contribution is 2.22. The van der Waals surface area contributed by atoms with E-state index >= 15 is 0 Å². The number of likely N-dealkylation sites (N-methyl/N-ethyl adjacent to an activating group) is 1. The molecule has 0 saturated heterocycles. The molecule has 0 saturated carbocycles. The molecule has 0 heterocycles. The van der Waals surface area contributed by atoms with Crippen LogP contribution in [0.3, 0.4) is 0 Å². The second-order valence-electron chi connectivity index (χ2n) is 7.37. The first-order valence-electron chi connectivity index (χ1n) is 10.6. The summed E-state index contributed by atoms with van der Waals surface area (Å²) in [6, 6.07) is 21.4. The Kier molecular flexibility index (Phi) is 8.26. The highest BCUT2D eigenvalue weighted by molar-refractivity contribution is 7.92. The summed E-state index contributed by atoms with van der Waals surface area (Å²) in [6.07, 6.45) is 0. The van der Waals surface area contributed by atoms with Crippen molar-refractivity contribution in [3.8, 4) is 5.75 Å².